The van der Waals surface area contributed by atoms with E-state index in [0.717, 1.165) is 38.2 Å². The number of anilines is 1. The molecule has 18 heavy (non-hydrogen) atoms. The molecule has 4 nitrogen and oxygen atoms in total. The summed E-state index contributed by atoms with van der Waals surface area (Å²) < 4.78 is 5.70. The fourth-order valence-electron chi connectivity index (χ4n) is 2.30. The maximum absolute atomic E-state index is 5.70. The highest BCUT2D eigenvalue weighted by molar-refractivity contribution is 7.80. The first-order valence-corrected chi connectivity index (χ1v) is 6.74. The highest BCUT2D eigenvalue weighted by Gasteiger charge is 2.20. The summed E-state index contributed by atoms with van der Waals surface area (Å²) in [5.74, 6) is 0. The van der Waals surface area contributed by atoms with Gasteiger partial charge < -0.3 is 15.4 Å². The van der Waals surface area contributed by atoms with Crippen LogP contribution >= 0.6 is 12.2 Å². The third kappa shape index (κ3) is 3.17. The predicted octanol–water partition coefficient (Wildman–Crippen LogP) is 1.72. The predicted molar refractivity (Wildman–Crippen MR) is 77.0 cm³/mol. The second-order valence-corrected chi connectivity index (χ2v) is 4.87. The van der Waals surface area contributed by atoms with E-state index in [9.17, 15) is 0 Å². The number of nitrogens with zero attached hydrogens (tertiary/aromatic N) is 2. The van der Waals surface area contributed by atoms with E-state index in [0.29, 0.717) is 16.8 Å². The largest absolute Gasteiger partial charge is 0.388 e. The van der Waals surface area contributed by atoms with Crippen molar-refractivity contribution >= 4 is 22.9 Å². The minimum absolute atomic E-state index is 0.324. The van der Waals surface area contributed by atoms with Crippen LogP contribution in [0.15, 0.2) is 18.3 Å². The van der Waals surface area contributed by atoms with Gasteiger partial charge in [0.15, 0.2) is 0 Å². The van der Waals surface area contributed by atoms with Crippen LogP contribution in [0.1, 0.15) is 25.5 Å². The standard InChI is InChI=1S/C13H19N3OS/c1-2-17-11-4-3-7-16(9-11)10-5-6-15-12(8-10)13(14)18/h5-6,8,11H,2-4,7,9H2,1H3,(H2,14,18). The quantitative estimate of drug-likeness (QED) is 0.840. The van der Waals surface area contributed by atoms with E-state index >= 15 is 0 Å². The van der Waals surface area contributed by atoms with Gasteiger partial charge in [0.05, 0.1) is 11.8 Å². The Morgan fingerprint density at radius 3 is 3.22 bits per heavy atom. The third-order valence-corrected chi connectivity index (χ3v) is 3.35. The zero-order chi connectivity index (χ0) is 13.0. The zero-order valence-corrected chi connectivity index (χ0v) is 11.4. The van der Waals surface area contributed by atoms with Gasteiger partial charge in [-0.1, -0.05) is 12.2 Å². The average Bonchev–Trinajstić information content (AvgIpc) is 2.39. The SMILES string of the molecule is CCOC1CCCN(c2ccnc(C(N)=S)c2)C1. The number of hydrogen-bond donors (Lipinski definition) is 1. The summed E-state index contributed by atoms with van der Waals surface area (Å²) in [6.45, 7) is 4.78. The Balaban J connectivity index is 2.10. The second-order valence-electron chi connectivity index (χ2n) is 4.43. The Morgan fingerprint density at radius 2 is 2.50 bits per heavy atom. The first-order valence-electron chi connectivity index (χ1n) is 6.33. The maximum Gasteiger partial charge on any atom is 0.122 e. The Labute approximate surface area is 113 Å². The summed E-state index contributed by atoms with van der Waals surface area (Å²) in [5.41, 5.74) is 7.42. The van der Waals surface area contributed by atoms with Gasteiger partial charge in [-0.2, -0.15) is 0 Å². The fraction of sp³-hybridized carbons (Fsp3) is 0.538. The van der Waals surface area contributed by atoms with Gasteiger partial charge in [-0.15, -0.1) is 0 Å². The Bertz CT molecular complexity index is 422. The van der Waals surface area contributed by atoms with Gasteiger partial charge >= 0.3 is 0 Å². The third-order valence-electron chi connectivity index (χ3n) is 3.14. The van der Waals surface area contributed by atoms with E-state index in [1.807, 2.05) is 19.1 Å². The van der Waals surface area contributed by atoms with Gasteiger partial charge in [-0.25, -0.2) is 0 Å². The van der Waals surface area contributed by atoms with E-state index in [2.05, 4.69) is 9.88 Å². The van der Waals surface area contributed by atoms with Crippen LogP contribution in [-0.2, 0) is 4.74 Å². The fourth-order valence-corrected chi connectivity index (χ4v) is 2.41. The van der Waals surface area contributed by atoms with Crippen LogP contribution in [0.5, 0.6) is 0 Å². The minimum atomic E-state index is 0.324. The van der Waals surface area contributed by atoms with Crippen LogP contribution in [-0.4, -0.2) is 35.8 Å². The van der Waals surface area contributed by atoms with Crippen molar-refractivity contribution in [3.63, 3.8) is 0 Å². The number of thiocarbonyl (C=S) groups is 1. The molecule has 1 aliphatic heterocycles. The summed E-state index contributed by atoms with van der Waals surface area (Å²) in [6.07, 6.45) is 4.37. The lowest BCUT2D eigenvalue weighted by Crippen LogP contribution is -2.39. The molecular weight excluding hydrogens is 246 g/mol. The molecule has 1 atom stereocenters. The van der Waals surface area contributed by atoms with Gasteiger partial charge in [-0.05, 0) is 31.9 Å². The van der Waals surface area contributed by atoms with E-state index in [-0.39, 0.29) is 0 Å². The van der Waals surface area contributed by atoms with Crippen molar-refractivity contribution in [1.82, 2.24) is 4.98 Å². The van der Waals surface area contributed by atoms with Crippen molar-refractivity contribution in [3.05, 3.63) is 24.0 Å². The smallest absolute Gasteiger partial charge is 0.122 e. The molecule has 2 N–H and O–H groups in total. The van der Waals surface area contributed by atoms with Crippen LogP contribution in [0.2, 0.25) is 0 Å². The molecule has 0 spiro atoms. The molecule has 0 amide bonds. The Hall–Kier alpha value is -1.20. The molecular formula is C13H19N3OS. The minimum Gasteiger partial charge on any atom is -0.388 e. The average molecular weight is 265 g/mol. The molecule has 1 saturated heterocycles. The van der Waals surface area contributed by atoms with Crippen LogP contribution in [0, 0.1) is 0 Å². The number of nitrogens with two attached hydrogens (primary N) is 1. The summed E-state index contributed by atoms with van der Waals surface area (Å²) in [6, 6.07) is 3.95. The van der Waals surface area contributed by atoms with E-state index in [4.69, 9.17) is 22.7 Å². The first-order chi connectivity index (χ1) is 8.70. The molecule has 5 heteroatoms. The normalized spacial score (nSPS) is 19.8. The molecule has 0 saturated carbocycles. The van der Waals surface area contributed by atoms with Gasteiger partial charge in [0.2, 0.25) is 0 Å². The molecule has 0 radical (unpaired) electrons. The zero-order valence-electron chi connectivity index (χ0n) is 10.6. The molecule has 1 fully saturated rings. The topological polar surface area (TPSA) is 51.4 Å². The Kier molecular flexibility index (Phi) is 4.49. The number of rotatable bonds is 4. The lowest BCUT2D eigenvalue weighted by molar-refractivity contribution is 0.0526. The summed E-state index contributed by atoms with van der Waals surface area (Å²) in [7, 11) is 0. The van der Waals surface area contributed by atoms with E-state index in [1.54, 1.807) is 6.20 Å². The molecule has 0 aliphatic carbocycles. The van der Waals surface area contributed by atoms with Crippen molar-refractivity contribution < 1.29 is 4.74 Å². The lowest BCUT2D eigenvalue weighted by Gasteiger charge is -2.34. The van der Waals surface area contributed by atoms with Crippen molar-refractivity contribution in [3.8, 4) is 0 Å². The first kappa shape index (κ1) is 13.2. The summed E-state index contributed by atoms with van der Waals surface area (Å²) in [4.78, 5) is 6.82. The van der Waals surface area contributed by atoms with Crippen molar-refractivity contribution in [1.29, 1.82) is 0 Å². The lowest BCUT2D eigenvalue weighted by atomic mass is 10.1. The highest BCUT2D eigenvalue weighted by atomic mass is 32.1. The van der Waals surface area contributed by atoms with Crippen molar-refractivity contribution in [2.24, 2.45) is 5.73 Å². The van der Waals surface area contributed by atoms with Crippen LogP contribution in [0.3, 0.4) is 0 Å². The molecule has 2 rings (SSSR count). The monoisotopic (exact) mass is 265 g/mol. The van der Waals surface area contributed by atoms with Crippen molar-refractivity contribution in [2.45, 2.75) is 25.9 Å². The van der Waals surface area contributed by atoms with Crippen LogP contribution in [0.4, 0.5) is 5.69 Å². The number of pyridine rings is 1. The number of piperidine rings is 1. The van der Waals surface area contributed by atoms with Crippen LogP contribution < -0.4 is 10.6 Å². The van der Waals surface area contributed by atoms with Gasteiger partial charge in [-0.3, -0.25) is 4.98 Å². The number of ether oxygens (including phenoxy) is 1. The molecule has 0 aromatic carbocycles. The molecule has 0 bridgehead atoms. The highest BCUT2D eigenvalue weighted by Crippen LogP contribution is 2.21. The molecule has 2 heterocycles. The number of hydrogen-bond acceptors (Lipinski definition) is 4. The second kappa shape index (κ2) is 6.11. The molecule has 1 aliphatic rings. The number of aromatic nitrogens is 1. The molecule has 1 aromatic heterocycles. The molecule has 98 valence electrons. The molecule has 1 unspecified atom stereocenters. The van der Waals surface area contributed by atoms with Crippen molar-refractivity contribution in [2.75, 3.05) is 24.6 Å². The summed E-state index contributed by atoms with van der Waals surface area (Å²) >= 11 is 4.96. The maximum atomic E-state index is 5.70. The van der Waals surface area contributed by atoms with Crippen LogP contribution in [0.25, 0.3) is 0 Å². The van der Waals surface area contributed by atoms with E-state index in [1.165, 1.54) is 0 Å². The van der Waals surface area contributed by atoms with Gasteiger partial charge in [0.1, 0.15) is 4.99 Å². The van der Waals surface area contributed by atoms with E-state index < -0.39 is 0 Å². The Morgan fingerprint density at radius 1 is 1.67 bits per heavy atom. The van der Waals surface area contributed by atoms with Gasteiger partial charge in [0, 0.05) is 31.6 Å². The summed E-state index contributed by atoms with van der Waals surface area (Å²) in [5, 5.41) is 0. The van der Waals surface area contributed by atoms with Gasteiger partial charge in [0.25, 0.3) is 0 Å². The molecule has 1 aromatic rings.